The topological polar surface area (TPSA) is 68.8 Å². The van der Waals surface area contributed by atoms with E-state index in [2.05, 4.69) is 11.0 Å². The van der Waals surface area contributed by atoms with E-state index in [-0.39, 0.29) is 0 Å². The van der Waals surface area contributed by atoms with Gasteiger partial charge in [-0.15, -0.1) is 0 Å². The molecule has 0 saturated heterocycles. The zero-order chi connectivity index (χ0) is 14.3. The Hall–Kier alpha value is -1.85. The van der Waals surface area contributed by atoms with Crippen LogP contribution in [0.1, 0.15) is 0 Å². The van der Waals surface area contributed by atoms with Gasteiger partial charge in [0.25, 0.3) is 0 Å². The first-order valence-corrected chi connectivity index (χ1v) is 7.37. The van der Waals surface area contributed by atoms with Crippen molar-refractivity contribution in [3.8, 4) is 5.75 Å². The van der Waals surface area contributed by atoms with Gasteiger partial charge in [-0.05, 0) is 24.3 Å². The molecule has 106 valence electrons. The molecule has 20 heavy (non-hydrogen) atoms. The second-order valence-corrected chi connectivity index (χ2v) is 5.15. The standard InChI is InChI=1S/C13H15N2O4P/c1-14-18-20(16,17-13-10-6-3-7-11-13)19-15-12-8-4-2-5-9-12/h2-11,14-15H,1H3. The molecule has 0 amide bonds. The van der Waals surface area contributed by atoms with E-state index in [1.54, 1.807) is 36.4 Å². The molecule has 0 radical (unpaired) electrons. The highest BCUT2D eigenvalue weighted by Gasteiger charge is 2.30. The van der Waals surface area contributed by atoms with Gasteiger partial charge in [0.2, 0.25) is 0 Å². The van der Waals surface area contributed by atoms with Crippen LogP contribution in [-0.4, -0.2) is 7.05 Å². The summed E-state index contributed by atoms with van der Waals surface area (Å²) in [4.78, 5) is 0. The summed E-state index contributed by atoms with van der Waals surface area (Å²) in [6.45, 7) is 0. The fourth-order valence-corrected chi connectivity index (χ4v) is 2.33. The molecular formula is C13H15N2O4P. The van der Waals surface area contributed by atoms with Crippen molar-refractivity contribution in [2.75, 3.05) is 12.5 Å². The van der Waals surface area contributed by atoms with Gasteiger partial charge in [0, 0.05) is 7.05 Å². The Kier molecular flexibility index (Phi) is 5.15. The Balaban J connectivity index is 2.03. The van der Waals surface area contributed by atoms with Crippen LogP contribution in [0.15, 0.2) is 60.7 Å². The van der Waals surface area contributed by atoms with E-state index < -0.39 is 7.82 Å². The zero-order valence-electron chi connectivity index (χ0n) is 10.9. The van der Waals surface area contributed by atoms with Crippen LogP contribution in [0, 0.1) is 0 Å². The quantitative estimate of drug-likeness (QED) is 0.603. The van der Waals surface area contributed by atoms with Crippen LogP contribution in [0.3, 0.4) is 0 Å². The molecule has 1 atom stereocenters. The van der Waals surface area contributed by atoms with Crippen LogP contribution in [-0.2, 0) is 13.8 Å². The molecule has 0 aliphatic carbocycles. The molecule has 2 aromatic carbocycles. The highest BCUT2D eigenvalue weighted by Crippen LogP contribution is 2.48. The Morgan fingerprint density at radius 1 is 0.900 bits per heavy atom. The number of benzene rings is 2. The molecule has 0 spiro atoms. The van der Waals surface area contributed by atoms with Gasteiger partial charge >= 0.3 is 7.82 Å². The molecule has 0 fully saturated rings. The van der Waals surface area contributed by atoms with E-state index in [9.17, 15) is 4.57 Å². The second kappa shape index (κ2) is 7.07. The average molecular weight is 294 g/mol. The van der Waals surface area contributed by atoms with Crippen molar-refractivity contribution >= 4 is 13.5 Å². The molecule has 2 aromatic rings. The van der Waals surface area contributed by atoms with Gasteiger partial charge in [0.05, 0.1) is 5.69 Å². The normalized spacial score (nSPS) is 13.4. The Morgan fingerprint density at radius 2 is 1.50 bits per heavy atom. The SMILES string of the molecule is CNOP(=O)(ONc1ccccc1)Oc1ccccc1. The molecule has 2 N–H and O–H groups in total. The molecule has 7 heteroatoms. The first-order valence-electron chi connectivity index (χ1n) is 5.91. The van der Waals surface area contributed by atoms with Crippen LogP contribution < -0.4 is 15.5 Å². The number of phosphoric acid groups is 1. The van der Waals surface area contributed by atoms with Crippen molar-refractivity contribution in [3.63, 3.8) is 0 Å². The lowest BCUT2D eigenvalue weighted by Gasteiger charge is -2.17. The molecular weight excluding hydrogens is 279 g/mol. The van der Waals surface area contributed by atoms with Crippen molar-refractivity contribution in [3.05, 3.63) is 60.7 Å². The number of nitrogens with one attached hydrogen (secondary N) is 2. The Morgan fingerprint density at radius 3 is 2.10 bits per heavy atom. The highest BCUT2D eigenvalue weighted by molar-refractivity contribution is 7.48. The van der Waals surface area contributed by atoms with Crippen LogP contribution in [0.2, 0.25) is 0 Å². The van der Waals surface area contributed by atoms with E-state index in [4.69, 9.17) is 13.8 Å². The average Bonchev–Trinajstić information content (AvgIpc) is 2.48. The van der Waals surface area contributed by atoms with Gasteiger partial charge in [-0.3, -0.25) is 5.48 Å². The van der Waals surface area contributed by atoms with Gasteiger partial charge in [0.15, 0.2) is 0 Å². The monoisotopic (exact) mass is 294 g/mol. The number of hydroxylamine groups is 1. The van der Waals surface area contributed by atoms with E-state index in [0.29, 0.717) is 11.4 Å². The van der Waals surface area contributed by atoms with Crippen molar-refractivity contribution in [1.29, 1.82) is 0 Å². The lowest BCUT2D eigenvalue weighted by molar-refractivity contribution is 0.129. The third-order valence-electron chi connectivity index (χ3n) is 2.21. The lowest BCUT2D eigenvalue weighted by Crippen LogP contribution is -2.13. The van der Waals surface area contributed by atoms with E-state index in [1.165, 1.54) is 7.05 Å². The molecule has 0 bridgehead atoms. The molecule has 0 saturated carbocycles. The van der Waals surface area contributed by atoms with Crippen LogP contribution >= 0.6 is 7.82 Å². The van der Waals surface area contributed by atoms with Gasteiger partial charge in [-0.2, -0.15) is 14.7 Å². The third-order valence-corrected chi connectivity index (χ3v) is 3.37. The van der Waals surface area contributed by atoms with Crippen LogP contribution in [0.4, 0.5) is 5.69 Å². The first-order chi connectivity index (χ1) is 9.72. The summed E-state index contributed by atoms with van der Waals surface area (Å²) in [6, 6.07) is 17.6. The maximum Gasteiger partial charge on any atom is 0.568 e. The zero-order valence-corrected chi connectivity index (χ0v) is 11.7. The van der Waals surface area contributed by atoms with Crippen molar-refractivity contribution in [2.45, 2.75) is 0 Å². The summed E-state index contributed by atoms with van der Waals surface area (Å²) in [5, 5.41) is 0. The van der Waals surface area contributed by atoms with Crippen molar-refractivity contribution < 1.29 is 18.3 Å². The second-order valence-electron chi connectivity index (χ2n) is 3.71. The number of para-hydroxylation sites is 2. The van der Waals surface area contributed by atoms with Gasteiger partial charge in [0.1, 0.15) is 5.75 Å². The van der Waals surface area contributed by atoms with E-state index in [1.807, 2.05) is 24.3 Å². The summed E-state index contributed by atoms with van der Waals surface area (Å²) < 4.78 is 27.5. The van der Waals surface area contributed by atoms with Crippen LogP contribution in [0.5, 0.6) is 5.75 Å². The predicted octanol–water partition coefficient (Wildman–Crippen LogP) is 3.37. The van der Waals surface area contributed by atoms with Crippen molar-refractivity contribution in [1.82, 2.24) is 5.48 Å². The largest absolute Gasteiger partial charge is 0.568 e. The molecule has 1 unspecified atom stereocenters. The maximum absolute atomic E-state index is 12.4. The molecule has 0 aliphatic rings. The predicted molar refractivity (Wildman–Crippen MR) is 76.0 cm³/mol. The fourth-order valence-electron chi connectivity index (χ4n) is 1.39. The lowest BCUT2D eigenvalue weighted by atomic mass is 10.3. The molecule has 0 aliphatic heterocycles. The number of anilines is 1. The molecule has 6 nitrogen and oxygen atoms in total. The summed E-state index contributed by atoms with van der Waals surface area (Å²) in [6.07, 6.45) is 0. The maximum atomic E-state index is 12.4. The minimum Gasteiger partial charge on any atom is -0.402 e. The summed E-state index contributed by atoms with van der Waals surface area (Å²) >= 11 is 0. The molecule has 0 heterocycles. The smallest absolute Gasteiger partial charge is 0.402 e. The summed E-state index contributed by atoms with van der Waals surface area (Å²) in [5.74, 6) is 0.376. The summed E-state index contributed by atoms with van der Waals surface area (Å²) in [7, 11) is -2.36. The van der Waals surface area contributed by atoms with Gasteiger partial charge < -0.3 is 4.52 Å². The summed E-state index contributed by atoms with van der Waals surface area (Å²) in [5.41, 5.74) is 5.48. The minimum atomic E-state index is -3.83. The molecule has 0 aromatic heterocycles. The fraction of sp³-hybridized carbons (Fsp3) is 0.0769. The third kappa shape index (κ3) is 4.36. The number of hydrogen-bond acceptors (Lipinski definition) is 6. The highest BCUT2D eigenvalue weighted by atomic mass is 31.2. The van der Waals surface area contributed by atoms with Gasteiger partial charge in [-0.25, -0.2) is 4.57 Å². The van der Waals surface area contributed by atoms with E-state index in [0.717, 1.165) is 0 Å². The minimum absolute atomic E-state index is 0.376. The number of hydrogen-bond donors (Lipinski definition) is 2. The van der Waals surface area contributed by atoms with E-state index >= 15 is 0 Å². The molecule has 2 rings (SSSR count). The van der Waals surface area contributed by atoms with Crippen LogP contribution in [0.25, 0.3) is 0 Å². The van der Waals surface area contributed by atoms with Crippen molar-refractivity contribution in [2.24, 2.45) is 0 Å². The first kappa shape index (κ1) is 14.6. The number of rotatable bonds is 7. The Labute approximate surface area is 117 Å². The Bertz CT molecular complexity index is 565. The van der Waals surface area contributed by atoms with Gasteiger partial charge in [-0.1, -0.05) is 36.4 Å².